The molecule has 0 saturated carbocycles. The summed E-state index contributed by atoms with van der Waals surface area (Å²) in [5.41, 5.74) is 4.86. The highest BCUT2D eigenvalue weighted by Gasteiger charge is 2.43. The Morgan fingerprint density at radius 3 is 2.41 bits per heavy atom. The molecule has 3 N–H and O–H groups in total. The second kappa shape index (κ2) is 4.86. The molecular weight excluding hydrogens is 238 g/mol. The molecule has 0 aliphatic carbocycles. The largest absolute Gasteiger partial charge is 0.325 e. The van der Waals surface area contributed by atoms with Crippen LogP contribution in [0.5, 0.6) is 0 Å². The molecule has 6 heteroatoms. The maximum atomic E-state index is 11.8. The number of nitrogens with two attached hydrogens (primary N) is 1. The first-order valence-corrected chi connectivity index (χ1v) is 6.80. The van der Waals surface area contributed by atoms with Crippen LogP contribution in [0.1, 0.15) is 27.7 Å². The number of hydrogen-bond acceptors (Lipinski definition) is 4. The van der Waals surface area contributed by atoms with Gasteiger partial charge in [-0.25, -0.2) is 4.79 Å². The van der Waals surface area contributed by atoms with E-state index in [0.29, 0.717) is 6.54 Å². The van der Waals surface area contributed by atoms with E-state index in [2.05, 4.69) is 5.32 Å². The zero-order valence-corrected chi connectivity index (χ0v) is 11.7. The normalized spacial score (nSPS) is 19.7. The van der Waals surface area contributed by atoms with Gasteiger partial charge in [-0.3, -0.25) is 9.69 Å². The van der Waals surface area contributed by atoms with Crippen molar-refractivity contribution in [1.29, 1.82) is 0 Å². The van der Waals surface area contributed by atoms with E-state index in [1.807, 2.05) is 13.8 Å². The molecule has 0 aromatic carbocycles. The van der Waals surface area contributed by atoms with Gasteiger partial charge in [0.15, 0.2) is 0 Å². The number of thioether (sulfide) groups is 1. The van der Waals surface area contributed by atoms with Crippen LogP contribution < -0.4 is 11.1 Å². The Bertz CT molecular complexity index is 323. The number of imide groups is 1. The van der Waals surface area contributed by atoms with Gasteiger partial charge in [-0.15, -0.1) is 0 Å². The lowest BCUT2D eigenvalue weighted by atomic mass is 10.1. The number of nitrogens with one attached hydrogen (secondary N) is 1. The topological polar surface area (TPSA) is 75.4 Å². The van der Waals surface area contributed by atoms with Crippen LogP contribution in [-0.2, 0) is 4.79 Å². The average molecular weight is 259 g/mol. The van der Waals surface area contributed by atoms with E-state index in [-0.39, 0.29) is 17.5 Å². The lowest BCUT2D eigenvalue weighted by Crippen LogP contribution is -2.40. The van der Waals surface area contributed by atoms with Crippen LogP contribution in [0.2, 0.25) is 0 Å². The van der Waals surface area contributed by atoms with Crippen LogP contribution in [0, 0.1) is 0 Å². The maximum Gasteiger partial charge on any atom is 0.325 e. The van der Waals surface area contributed by atoms with Crippen molar-refractivity contribution in [3.63, 3.8) is 0 Å². The first kappa shape index (κ1) is 14.3. The van der Waals surface area contributed by atoms with E-state index in [1.165, 1.54) is 4.90 Å². The maximum absolute atomic E-state index is 11.8. The summed E-state index contributed by atoms with van der Waals surface area (Å²) < 4.78 is 0. The lowest BCUT2D eigenvalue weighted by Gasteiger charge is -2.19. The van der Waals surface area contributed by atoms with Gasteiger partial charge in [0.05, 0.1) is 0 Å². The molecule has 98 valence electrons. The smallest absolute Gasteiger partial charge is 0.325 e. The van der Waals surface area contributed by atoms with Crippen molar-refractivity contribution in [2.75, 3.05) is 18.1 Å². The van der Waals surface area contributed by atoms with Crippen molar-refractivity contribution >= 4 is 23.7 Å². The Kier molecular flexibility index (Phi) is 4.09. The first-order chi connectivity index (χ1) is 7.63. The molecule has 0 aromatic rings. The van der Waals surface area contributed by atoms with Gasteiger partial charge in [0.1, 0.15) is 5.54 Å². The summed E-state index contributed by atoms with van der Waals surface area (Å²) >= 11 is 1.65. The summed E-state index contributed by atoms with van der Waals surface area (Å²) in [7, 11) is 0. The molecule has 0 radical (unpaired) electrons. The molecule has 0 unspecified atom stereocenters. The first-order valence-electron chi connectivity index (χ1n) is 5.64. The molecule has 0 atom stereocenters. The highest BCUT2D eigenvalue weighted by Crippen LogP contribution is 2.17. The quantitative estimate of drug-likeness (QED) is 0.565. The van der Waals surface area contributed by atoms with E-state index in [9.17, 15) is 9.59 Å². The monoisotopic (exact) mass is 259 g/mol. The van der Waals surface area contributed by atoms with E-state index in [1.54, 1.807) is 25.6 Å². The summed E-state index contributed by atoms with van der Waals surface area (Å²) in [5, 5.41) is 2.65. The molecule has 0 spiro atoms. The van der Waals surface area contributed by atoms with E-state index in [4.69, 9.17) is 5.73 Å². The Hall–Kier alpha value is -0.750. The lowest BCUT2D eigenvalue weighted by molar-refractivity contribution is -0.130. The van der Waals surface area contributed by atoms with Crippen LogP contribution in [0.15, 0.2) is 0 Å². The van der Waals surface area contributed by atoms with E-state index >= 15 is 0 Å². The van der Waals surface area contributed by atoms with Gasteiger partial charge in [-0.2, -0.15) is 11.8 Å². The Labute approximate surface area is 106 Å². The Morgan fingerprint density at radius 2 is 2.00 bits per heavy atom. The van der Waals surface area contributed by atoms with Gasteiger partial charge in [0.2, 0.25) is 0 Å². The fourth-order valence-electron chi connectivity index (χ4n) is 1.51. The van der Waals surface area contributed by atoms with Gasteiger partial charge in [0, 0.05) is 23.6 Å². The van der Waals surface area contributed by atoms with Crippen LogP contribution in [0.4, 0.5) is 4.79 Å². The number of nitrogens with zero attached hydrogens (tertiary/aromatic N) is 1. The molecule has 0 aromatic heterocycles. The van der Waals surface area contributed by atoms with E-state index in [0.717, 1.165) is 11.5 Å². The average Bonchev–Trinajstić information content (AvgIpc) is 2.31. The molecule has 5 nitrogen and oxygen atoms in total. The predicted octanol–water partition coefficient (Wildman–Crippen LogP) is 0.787. The third-order valence-corrected chi connectivity index (χ3v) is 3.80. The molecule has 1 fully saturated rings. The number of carbonyl (C=O) groups excluding carboxylic acids is 2. The fraction of sp³-hybridized carbons (Fsp3) is 0.818. The van der Waals surface area contributed by atoms with Crippen molar-refractivity contribution in [2.45, 2.75) is 38.8 Å². The number of amides is 3. The highest BCUT2D eigenvalue weighted by molar-refractivity contribution is 7.99. The summed E-state index contributed by atoms with van der Waals surface area (Å²) in [4.78, 5) is 24.7. The summed E-state index contributed by atoms with van der Waals surface area (Å²) in [6.45, 7) is 7.77. The summed E-state index contributed by atoms with van der Waals surface area (Å²) in [6.07, 6.45) is 0. The van der Waals surface area contributed by atoms with Gasteiger partial charge in [0.25, 0.3) is 5.91 Å². The zero-order valence-electron chi connectivity index (χ0n) is 10.9. The molecule has 1 heterocycles. The van der Waals surface area contributed by atoms with Gasteiger partial charge in [-0.1, -0.05) is 0 Å². The number of hydrogen-bond donors (Lipinski definition) is 2. The van der Waals surface area contributed by atoms with Crippen LogP contribution >= 0.6 is 11.8 Å². The molecule has 17 heavy (non-hydrogen) atoms. The number of rotatable bonds is 5. The Balaban J connectivity index is 2.38. The second-order valence-corrected chi connectivity index (χ2v) is 6.66. The van der Waals surface area contributed by atoms with Crippen molar-refractivity contribution < 1.29 is 9.59 Å². The predicted molar refractivity (Wildman–Crippen MR) is 69.9 cm³/mol. The SMILES string of the molecule is CC(C)(N)CSCCN1C(=O)NC(C)(C)C1=O. The fourth-order valence-corrected chi connectivity index (χ4v) is 2.49. The molecule has 1 saturated heterocycles. The van der Waals surface area contributed by atoms with E-state index < -0.39 is 5.54 Å². The minimum atomic E-state index is -0.769. The minimum absolute atomic E-state index is 0.157. The minimum Gasteiger partial charge on any atom is -0.325 e. The van der Waals surface area contributed by atoms with Crippen molar-refractivity contribution in [1.82, 2.24) is 10.2 Å². The highest BCUT2D eigenvalue weighted by atomic mass is 32.2. The van der Waals surface area contributed by atoms with Gasteiger partial charge < -0.3 is 11.1 Å². The molecule has 1 aliphatic heterocycles. The number of carbonyl (C=O) groups is 2. The van der Waals surface area contributed by atoms with Gasteiger partial charge in [-0.05, 0) is 27.7 Å². The van der Waals surface area contributed by atoms with Crippen LogP contribution in [0.3, 0.4) is 0 Å². The van der Waals surface area contributed by atoms with Crippen LogP contribution in [-0.4, -0.2) is 46.0 Å². The summed E-state index contributed by atoms with van der Waals surface area (Å²) in [6, 6.07) is -0.299. The molecule has 1 aliphatic rings. The third-order valence-electron chi connectivity index (χ3n) is 2.38. The van der Waals surface area contributed by atoms with Crippen molar-refractivity contribution in [2.24, 2.45) is 5.73 Å². The standard InChI is InChI=1S/C11H21N3O2S/c1-10(2,12)7-17-6-5-14-8(15)11(3,4)13-9(14)16/h5-7,12H2,1-4H3,(H,13,16). The zero-order chi connectivity index (χ0) is 13.3. The molecule has 1 rings (SSSR count). The summed E-state index contributed by atoms with van der Waals surface area (Å²) in [5.74, 6) is 1.37. The second-order valence-electron chi connectivity index (χ2n) is 5.55. The molecular formula is C11H21N3O2S. The van der Waals surface area contributed by atoms with Crippen molar-refractivity contribution in [3.8, 4) is 0 Å². The molecule has 0 bridgehead atoms. The molecule has 3 amide bonds. The van der Waals surface area contributed by atoms with Gasteiger partial charge >= 0.3 is 6.03 Å². The Morgan fingerprint density at radius 1 is 1.41 bits per heavy atom. The third kappa shape index (κ3) is 3.89. The van der Waals surface area contributed by atoms with Crippen molar-refractivity contribution in [3.05, 3.63) is 0 Å². The van der Waals surface area contributed by atoms with Crippen LogP contribution in [0.25, 0.3) is 0 Å². The number of urea groups is 1.